The summed E-state index contributed by atoms with van der Waals surface area (Å²) in [6.45, 7) is 3.25. The Hall–Kier alpha value is -0.780. The van der Waals surface area contributed by atoms with Crippen molar-refractivity contribution in [3.63, 3.8) is 0 Å². The largest absolute Gasteiger partial charge is 0.349 e. The van der Waals surface area contributed by atoms with Crippen molar-refractivity contribution in [2.75, 3.05) is 11.5 Å². The Bertz CT molecular complexity index is 572. The van der Waals surface area contributed by atoms with Gasteiger partial charge in [-0.05, 0) is 24.6 Å². The van der Waals surface area contributed by atoms with Gasteiger partial charge in [0.15, 0.2) is 9.84 Å². The highest BCUT2D eigenvalue weighted by Crippen LogP contribution is 2.25. The van der Waals surface area contributed by atoms with Gasteiger partial charge in [-0.3, -0.25) is 4.79 Å². The Labute approximate surface area is 123 Å². The highest BCUT2D eigenvalue weighted by molar-refractivity contribution is 7.92. The molecule has 106 valence electrons. The lowest BCUT2D eigenvalue weighted by Gasteiger charge is -2.15. The van der Waals surface area contributed by atoms with Crippen molar-refractivity contribution >= 4 is 38.9 Å². The molecule has 0 heterocycles. The topological polar surface area (TPSA) is 63.2 Å². The molecule has 1 aromatic carbocycles. The maximum atomic E-state index is 11.6. The molecular formula is C12H15Cl2NO3S. The van der Waals surface area contributed by atoms with Crippen LogP contribution in [-0.2, 0) is 14.6 Å². The second-order valence-corrected chi connectivity index (χ2v) is 7.31. The molecule has 1 rings (SSSR count). The van der Waals surface area contributed by atoms with E-state index in [1.165, 1.54) is 6.92 Å². The fourth-order valence-electron chi connectivity index (χ4n) is 1.45. The Morgan fingerprint density at radius 2 is 1.95 bits per heavy atom. The predicted molar refractivity (Wildman–Crippen MR) is 77.3 cm³/mol. The first-order valence-electron chi connectivity index (χ1n) is 5.70. The zero-order chi connectivity index (χ0) is 14.6. The van der Waals surface area contributed by atoms with Gasteiger partial charge in [-0.1, -0.05) is 36.2 Å². The smallest absolute Gasteiger partial charge is 0.235 e. The summed E-state index contributed by atoms with van der Waals surface area (Å²) in [7, 11) is -3.32. The summed E-state index contributed by atoms with van der Waals surface area (Å²) in [5.74, 6) is -1.09. The quantitative estimate of drug-likeness (QED) is 0.905. The van der Waals surface area contributed by atoms with Gasteiger partial charge in [0.2, 0.25) is 5.91 Å². The highest BCUT2D eigenvalue weighted by Gasteiger charge is 2.17. The minimum atomic E-state index is -3.32. The minimum absolute atomic E-state index is 0.0540. The van der Waals surface area contributed by atoms with Gasteiger partial charge in [0.05, 0.1) is 16.1 Å². The van der Waals surface area contributed by atoms with Crippen LogP contribution in [0.2, 0.25) is 10.0 Å². The number of amides is 1. The van der Waals surface area contributed by atoms with Gasteiger partial charge in [0.25, 0.3) is 0 Å². The third-order valence-electron chi connectivity index (χ3n) is 2.61. The Balaban J connectivity index is 2.72. The van der Waals surface area contributed by atoms with Crippen LogP contribution in [0, 0.1) is 0 Å². The fraction of sp³-hybridized carbons (Fsp3) is 0.417. The molecular weight excluding hydrogens is 309 g/mol. The number of carbonyl (C=O) groups is 1. The van der Waals surface area contributed by atoms with Crippen LogP contribution in [0.25, 0.3) is 0 Å². The van der Waals surface area contributed by atoms with Gasteiger partial charge >= 0.3 is 0 Å². The number of rotatable bonds is 5. The van der Waals surface area contributed by atoms with Crippen molar-refractivity contribution < 1.29 is 13.2 Å². The molecule has 4 nitrogen and oxygen atoms in total. The number of benzene rings is 1. The lowest BCUT2D eigenvalue weighted by Crippen LogP contribution is -2.32. The SMILES string of the molecule is CCS(=O)(=O)CC(=O)NC(C)c1ccc(Cl)c(Cl)c1. The molecule has 0 fully saturated rings. The first-order chi connectivity index (χ1) is 8.75. The molecule has 1 atom stereocenters. The average Bonchev–Trinajstić information content (AvgIpc) is 2.31. The second-order valence-electron chi connectivity index (χ2n) is 4.14. The summed E-state index contributed by atoms with van der Waals surface area (Å²) in [6, 6.07) is 4.66. The molecule has 0 aromatic heterocycles. The van der Waals surface area contributed by atoms with Crippen LogP contribution in [0.5, 0.6) is 0 Å². The van der Waals surface area contributed by atoms with Crippen LogP contribution in [-0.4, -0.2) is 25.8 Å². The van der Waals surface area contributed by atoms with Gasteiger partial charge in [-0.15, -0.1) is 0 Å². The summed E-state index contributed by atoms with van der Waals surface area (Å²) in [5.41, 5.74) is 0.761. The number of halogens is 2. The zero-order valence-corrected chi connectivity index (χ0v) is 12.9. The van der Waals surface area contributed by atoms with Crippen LogP contribution in [0.4, 0.5) is 0 Å². The normalized spacial score (nSPS) is 13.1. The third kappa shape index (κ3) is 5.01. The van der Waals surface area contributed by atoms with Crippen molar-refractivity contribution in [1.82, 2.24) is 5.32 Å². The molecule has 0 aliphatic heterocycles. The van der Waals surface area contributed by atoms with Crippen molar-refractivity contribution in [3.05, 3.63) is 33.8 Å². The predicted octanol–water partition coefficient (Wildman–Crippen LogP) is 2.61. The second kappa shape index (κ2) is 6.59. The fourth-order valence-corrected chi connectivity index (χ4v) is 2.44. The van der Waals surface area contributed by atoms with Crippen LogP contribution in [0.1, 0.15) is 25.5 Å². The molecule has 1 amide bonds. The summed E-state index contributed by atoms with van der Waals surface area (Å²) in [5, 5.41) is 3.43. The van der Waals surface area contributed by atoms with Crippen LogP contribution in [0.15, 0.2) is 18.2 Å². The molecule has 1 unspecified atom stereocenters. The molecule has 1 aromatic rings. The number of hydrogen-bond donors (Lipinski definition) is 1. The van der Waals surface area contributed by atoms with Crippen molar-refractivity contribution in [3.8, 4) is 0 Å². The van der Waals surface area contributed by atoms with E-state index in [0.29, 0.717) is 10.0 Å². The van der Waals surface area contributed by atoms with Gasteiger partial charge < -0.3 is 5.32 Å². The monoisotopic (exact) mass is 323 g/mol. The van der Waals surface area contributed by atoms with E-state index in [2.05, 4.69) is 5.32 Å². The van der Waals surface area contributed by atoms with E-state index in [9.17, 15) is 13.2 Å². The minimum Gasteiger partial charge on any atom is -0.349 e. The van der Waals surface area contributed by atoms with E-state index in [1.54, 1.807) is 25.1 Å². The van der Waals surface area contributed by atoms with Gasteiger partial charge in [-0.2, -0.15) is 0 Å². The molecule has 0 aliphatic rings. The van der Waals surface area contributed by atoms with Crippen molar-refractivity contribution in [2.24, 2.45) is 0 Å². The number of hydrogen-bond acceptors (Lipinski definition) is 3. The molecule has 0 saturated heterocycles. The third-order valence-corrected chi connectivity index (χ3v) is 4.93. The molecule has 0 aliphatic carbocycles. The summed E-state index contributed by atoms with van der Waals surface area (Å²) in [6.07, 6.45) is 0. The first-order valence-corrected chi connectivity index (χ1v) is 8.27. The molecule has 0 bridgehead atoms. The maximum absolute atomic E-state index is 11.6. The molecule has 19 heavy (non-hydrogen) atoms. The van der Waals surface area contributed by atoms with Crippen molar-refractivity contribution in [1.29, 1.82) is 0 Å². The van der Waals surface area contributed by atoms with Crippen LogP contribution >= 0.6 is 23.2 Å². The number of sulfone groups is 1. The highest BCUT2D eigenvalue weighted by atomic mass is 35.5. The Kier molecular flexibility index (Phi) is 5.64. The summed E-state index contributed by atoms with van der Waals surface area (Å²) in [4.78, 5) is 11.6. The maximum Gasteiger partial charge on any atom is 0.235 e. The van der Waals surface area contributed by atoms with E-state index in [1.807, 2.05) is 0 Å². The molecule has 0 radical (unpaired) electrons. The summed E-state index contributed by atoms with van der Waals surface area (Å²) < 4.78 is 22.7. The standard InChI is InChI=1S/C12H15Cl2NO3S/c1-3-19(17,18)7-12(16)15-8(2)9-4-5-10(13)11(14)6-9/h4-6,8H,3,7H2,1-2H3,(H,15,16). The average molecular weight is 324 g/mol. The first kappa shape index (κ1) is 16.3. The lowest BCUT2D eigenvalue weighted by atomic mass is 10.1. The Morgan fingerprint density at radius 3 is 2.47 bits per heavy atom. The van der Waals surface area contributed by atoms with E-state index >= 15 is 0 Å². The van der Waals surface area contributed by atoms with Gasteiger partial charge in [-0.25, -0.2) is 8.42 Å². The Morgan fingerprint density at radius 1 is 1.32 bits per heavy atom. The molecule has 0 saturated carbocycles. The number of nitrogens with one attached hydrogen (secondary N) is 1. The molecule has 7 heteroatoms. The van der Waals surface area contributed by atoms with Gasteiger partial charge in [0, 0.05) is 5.75 Å². The van der Waals surface area contributed by atoms with E-state index in [0.717, 1.165) is 5.56 Å². The molecule has 1 N–H and O–H groups in total. The van der Waals surface area contributed by atoms with Crippen molar-refractivity contribution in [2.45, 2.75) is 19.9 Å². The van der Waals surface area contributed by atoms with E-state index in [4.69, 9.17) is 23.2 Å². The van der Waals surface area contributed by atoms with Gasteiger partial charge in [0.1, 0.15) is 5.75 Å². The molecule has 0 spiro atoms. The van der Waals surface area contributed by atoms with E-state index < -0.39 is 21.5 Å². The summed E-state index contributed by atoms with van der Waals surface area (Å²) >= 11 is 11.7. The number of carbonyl (C=O) groups excluding carboxylic acids is 1. The lowest BCUT2D eigenvalue weighted by molar-refractivity contribution is -0.119. The van der Waals surface area contributed by atoms with Crippen LogP contribution < -0.4 is 5.32 Å². The van der Waals surface area contributed by atoms with Crippen LogP contribution in [0.3, 0.4) is 0 Å². The zero-order valence-electron chi connectivity index (χ0n) is 10.6. The van der Waals surface area contributed by atoms with E-state index in [-0.39, 0.29) is 11.8 Å².